The zero-order valence-electron chi connectivity index (χ0n) is 9.52. The highest BCUT2D eigenvalue weighted by molar-refractivity contribution is 5.98. The largest absolute Gasteiger partial charge is 0.494 e. The molecular weight excluding hydrogens is 218 g/mol. The van der Waals surface area contributed by atoms with Gasteiger partial charge in [0.05, 0.1) is 12.5 Å². The number of hydrogen-bond donors (Lipinski definition) is 1. The van der Waals surface area contributed by atoms with Gasteiger partial charge in [-0.15, -0.1) is 0 Å². The third-order valence-electron chi connectivity index (χ3n) is 2.86. The number of anilines is 1. The molecule has 0 saturated carbocycles. The molecule has 0 aliphatic carbocycles. The minimum absolute atomic E-state index is 0.289. The third-order valence-corrected chi connectivity index (χ3v) is 2.86. The quantitative estimate of drug-likeness (QED) is 0.692. The lowest BCUT2D eigenvalue weighted by atomic mass is 10.1. The molecule has 3 aromatic rings. The molecule has 0 spiro atoms. The predicted molar refractivity (Wildman–Crippen MR) is 65.0 cm³/mol. The fourth-order valence-corrected chi connectivity index (χ4v) is 1.92. The van der Waals surface area contributed by atoms with Gasteiger partial charge in [0.15, 0.2) is 0 Å². The highest BCUT2D eigenvalue weighted by Crippen LogP contribution is 2.30. The van der Waals surface area contributed by atoms with Crippen LogP contribution in [0.3, 0.4) is 0 Å². The Morgan fingerprint density at radius 3 is 2.88 bits per heavy atom. The van der Waals surface area contributed by atoms with Crippen LogP contribution in [0.1, 0.15) is 5.56 Å². The molecule has 0 radical (unpaired) electrons. The topological polar surface area (TPSA) is 74.2 Å². The van der Waals surface area contributed by atoms with Crippen molar-refractivity contribution in [3.8, 4) is 5.75 Å². The van der Waals surface area contributed by atoms with Crippen LogP contribution in [0.4, 0.5) is 5.88 Å². The number of methoxy groups -OCH3 is 1. The van der Waals surface area contributed by atoms with Gasteiger partial charge in [0.1, 0.15) is 11.3 Å². The Bertz CT molecular complexity index is 718. The molecule has 17 heavy (non-hydrogen) atoms. The van der Waals surface area contributed by atoms with Crippen LogP contribution in [-0.2, 0) is 0 Å². The number of fused-ring (bicyclic) bond motifs is 2. The normalized spacial score (nSPS) is 11.2. The summed E-state index contributed by atoms with van der Waals surface area (Å²) in [4.78, 5) is 4.42. The van der Waals surface area contributed by atoms with Crippen LogP contribution in [0.15, 0.2) is 22.7 Å². The molecule has 0 unspecified atom stereocenters. The summed E-state index contributed by atoms with van der Waals surface area (Å²) in [6, 6.07) is 5.81. The number of hydrogen-bond acceptors (Lipinski definition) is 5. The van der Waals surface area contributed by atoms with Crippen molar-refractivity contribution in [2.24, 2.45) is 0 Å². The van der Waals surface area contributed by atoms with Crippen molar-refractivity contribution in [1.82, 2.24) is 10.1 Å². The molecule has 5 nitrogen and oxygen atoms in total. The van der Waals surface area contributed by atoms with Crippen LogP contribution in [0.25, 0.3) is 21.9 Å². The van der Waals surface area contributed by atoms with Gasteiger partial charge in [-0.05, 0) is 24.6 Å². The minimum atomic E-state index is 0.289. The summed E-state index contributed by atoms with van der Waals surface area (Å²) >= 11 is 0. The molecule has 86 valence electrons. The maximum absolute atomic E-state index is 5.69. The molecule has 0 atom stereocenters. The van der Waals surface area contributed by atoms with E-state index in [1.807, 2.05) is 25.1 Å². The molecule has 2 heterocycles. The number of nitrogen functional groups attached to an aromatic ring is 1. The average molecular weight is 229 g/mol. The highest BCUT2D eigenvalue weighted by atomic mass is 16.5. The molecule has 0 aliphatic rings. The van der Waals surface area contributed by atoms with E-state index in [1.54, 1.807) is 7.11 Å². The first kappa shape index (κ1) is 9.89. The first-order chi connectivity index (χ1) is 8.20. The molecule has 0 bridgehead atoms. The summed E-state index contributed by atoms with van der Waals surface area (Å²) in [5, 5.41) is 5.53. The molecule has 5 heteroatoms. The molecule has 2 N–H and O–H groups in total. The second-order valence-electron chi connectivity index (χ2n) is 3.89. The average Bonchev–Trinajstić information content (AvgIpc) is 2.70. The Hall–Kier alpha value is -2.30. The van der Waals surface area contributed by atoms with Crippen molar-refractivity contribution in [2.45, 2.75) is 6.92 Å². The van der Waals surface area contributed by atoms with Crippen molar-refractivity contribution in [3.63, 3.8) is 0 Å². The Balaban J connectivity index is 2.51. The first-order valence-electron chi connectivity index (χ1n) is 5.20. The number of pyridine rings is 1. The van der Waals surface area contributed by atoms with E-state index in [1.165, 1.54) is 0 Å². The summed E-state index contributed by atoms with van der Waals surface area (Å²) in [6.45, 7) is 2.01. The maximum atomic E-state index is 5.69. The van der Waals surface area contributed by atoms with E-state index < -0.39 is 0 Å². The second kappa shape index (κ2) is 3.35. The lowest BCUT2D eigenvalue weighted by molar-refractivity contribution is 0.418. The molecule has 3 rings (SSSR count). The zero-order chi connectivity index (χ0) is 12.0. The predicted octanol–water partition coefficient (Wildman–Crippen LogP) is 2.28. The Kier molecular flexibility index (Phi) is 1.95. The SMILES string of the molecule is COc1ccc(C)c2cc3c(N)onc3nc12. The van der Waals surface area contributed by atoms with E-state index in [9.17, 15) is 0 Å². The fraction of sp³-hybridized carbons (Fsp3) is 0.167. The van der Waals surface area contributed by atoms with E-state index in [0.717, 1.165) is 21.9 Å². The monoisotopic (exact) mass is 229 g/mol. The van der Waals surface area contributed by atoms with Crippen LogP contribution in [0.5, 0.6) is 5.75 Å². The van der Waals surface area contributed by atoms with Gasteiger partial charge in [-0.1, -0.05) is 11.2 Å². The number of aryl methyl sites for hydroxylation is 1. The second-order valence-corrected chi connectivity index (χ2v) is 3.89. The summed E-state index contributed by atoms with van der Waals surface area (Å²) in [5.41, 5.74) is 8.07. The lowest BCUT2D eigenvalue weighted by Crippen LogP contribution is -1.91. The summed E-state index contributed by atoms with van der Waals surface area (Å²) in [6.07, 6.45) is 0. The molecule has 1 aromatic carbocycles. The van der Waals surface area contributed by atoms with Gasteiger partial charge in [0.2, 0.25) is 11.5 Å². The van der Waals surface area contributed by atoms with Gasteiger partial charge in [-0.2, -0.15) is 0 Å². The van der Waals surface area contributed by atoms with Crippen molar-refractivity contribution >= 4 is 27.8 Å². The maximum Gasteiger partial charge on any atom is 0.231 e. The van der Waals surface area contributed by atoms with Gasteiger partial charge >= 0.3 is 0 Å². The van der Waals surface area contributed by atoms with Crippen molar-refractivity contribution in [1.29, 1.82) is 0 Å². The van der Waals surface area contributed by atoms with Crippen molar-refractivity contribution in [2.75, 3.05) is 12.8 Å². The summed E-state index contributed by atoms with van der Waals surface area (Å²) < 4.78 is 10.2. The summed E-state index contributed by atoms with van der Waals surface area (Å²) in [5.74, 6) is 1.01. The number of ether oxygens (including phenoxy) is 1. The molecular formula is C12H11N3O2. The van der Waals surface area contributed by atoms with E-state index in [0.29, 0.717) is 11.4 Å². The Labute approximate surface area is 97.2 Å². The lowest BCUT2D eigenvalue weighted by Gasteiger charge is -2.06. The van der Waals surface area contributed by atoms with Crippen LogP contribution in [-0.4, -0.2) is 17.3 Å². The zero-order valence-corrected chi connectivity index (χ0v) is 9.52. The van der Waals surface area contributed by atoms with Crippen molar-refractivity contribution < 1.29 is 9.26 Å². The van der Waals surface area contributed by atoms with Crippen LogP contribution >= 0.6 is 0 Å². The Morgan fingerprint density at radius 2 is 2.12 bits per heavy atom. The molecule has 0 saturated heterocycles. The standard InChI is InChI=1S/C12H11N3O2/c1-6-3-4-9(16-2)10-7(6)5-8-11(13)17-15-12(8)14-10/h3-5H,13H2,1-2H3. The highest BCUT2D eigenvalue weighted by Gasteiger charge is 2.12. The van der Waals surface area contributed by atoms with E-state index >= 15 is 0 Å². The smallest absolute Gasteiger partial charge is 0.231 e. The summed E-state index contributed by atoms with van der Waals surface area (Å²) in [7, 11) is 1.62. The van der Waals surface area contributed by atoms with Gasteiger partial charge < -0.3 is 15.0 Å². The minimum Gasteiger partial charge on any atom is -0.494 e. The van der Waals surface area contributed by atoms with Crippen LogP contribution in [0, 0.1) is 6.92 Å². The Morgan fingerprint density at radius 1 is 1.29 bits per heavy atom. The van der Waals surface area contributed by atoms with Gasteiger partial charge in [0.25, 0.3) is 0 Å². The number of nitrogens with zero attached hydrogens (tertiary/aromatic N) is 2. The van der Waals surface area contributed by atoms with E-state index in [-0.39, 0.29) is 5.88 Å². The van der Waals surface area contributed by atoms with Gasteiger partial charge in [0, 0.05) is 5.39 Å². The fourth-order valence-electron chi connectivity index (χ4n) is 1.92. The molecule has 0 aliphatic heterocycles. The van der Waals surface area contributed by atoms with Gasteiger partial charge in [-0.3, -0.25) is 0 Å². The van der Waals surface area contributed by atoms with E-state index in [4.69, 9.17) is 15.0 Å². The molecule has 0 fully saturated rings. The van der Waals surface area contributed by atoms with Gasteiger partial charge in [-0.25, -0.2) is 4.98 Å². The first-order valence-corrected chi connectivity index (χ1v) is 5.20. The van der Waals surface area contributed by atoms with E-state index in [2.05, 4.69) is 10.1 Å². The number of aromatic nitrogens is 2. The number of benzene rings is 1. The number of nitrogens with two attached hydrogens (primary N) is 1. The van der Waals surface area contributed by atoms with Crippen LogP contribution < -0.4 is 10.5 Å². The van der Waals surface area contributed by atoms with Crippen molar-refractivity contribution in [3.05, 3.63) is 23.8 Å². The number of rotatable bonds is 1. The third kappa shape index (κ3) is 1.32. The molecule has 0 amide bonds. The van der Waals surface area contributed by atoms with Crippen LogP contribution in [0.2, 0.25) is 0 Å². The molecule has 2 aromatic heterocycles.